The summed E-state index contributed by atoms with van der Waals surface area (Å²) in [5.74, 6) is 1.74. The number of likely N-dealkylation sites (tertiary alicyclic amines) is 1. The number of hydrogen-bond acceptors (Lipinski definition) is 6. The van der Waals surface area contributed by atoms with E-state index in [0.29, 0.717) is 18.8 Å². The molecule has 1 aliphatic rings. The summed E-state index contributed by atoms with van der Waals surface area (Å²) >= 11 is 0. The number of amides is 1. The van der Waals surface area contributed by atoms with Crippen LogP contribution >= 0.6 is 0 Å². The van der Waals surface area contributed by atoms with Gasteiger partial charge in [-0.1, -0.05) is 6.92 Å². The second kappa shape index (κ2) is 7.81. The molecule has 0 saturated carbocycles. The van der Waals surface area contributed by atoms with Crippen LogP contribution in [0.4, 0.5) is 5.82 Å². The Bertz CT molecular complexity index is 1040. The lowest BCUT2D eigenvalue weighted by atomic mass is 10.1. The van der Waals surface area contributed by atoms with Crippen LogP contribution in [0.25, 0.3) is 22.6 Å². The Kier molecular flexibility index (Phi) is 5.21. The molecule has 0 spiro atoms. The molecule has 3 aromatic heterocycles. The van der Waals surface area contributed by atoms with Crippen LogP contribution in [-0.4, -0.2) is 59.2 Å². The standard InChI is InChI=1S/C20H28N8O/c1-5-16(29)27-9-7-8-14(11-27)24-18-17-20(22-12-21-18)26(4)19(25-17)15-10-23-28(6-2)13(15)3/h10,12,14H,5-9,11H2,1-4H3,(H,21,22,24)/t14-/m0/s1. The molecule has 0 aliphatic carbocycles. The normalized spacial score (nSPS) is 17.1. The van der Waals surface area contributed by atoms with E-state index in [9.17, 15) is 4.79 Å². The average Bonchev–Trinajstić information content (AvgIpc) is 3.27. The number of nitrogens with zero attached hydrogens (tertiary/aromatic N) is 7. The topological polar surface area (TPSA) is 93.8 Å². The second-order valence-corrected chi connectivity index (χ2v) is 7.53. The molecule has 9 nitrogen and oxygen atoms in total. The Labute approximate surface area is 170 Å². The number of aromatic nitrogens is 6. The van der Waals surface area contributed by atoms with Crippen LogP contribution in [0.3, 0.4) is 0 Å². The van der Waals surface area contributed by atoms with Crippen molar-refractivity contribution in [3.8, 4) is 11.4 Å². The van der Waals surface area contributed by atoms with Crippen molar-refractivity contribution in [2.75, 3.05) is 18.4 Å². The molecule has 4 rings (SSSR count). The minimum Gasteiger partial charge on any atom is -0.364 e. The van der Waals surface area contributed by atoms with E-state index in [2.05, 4.69) is 34.2 Å². The lowest BCUT2D eigenvalue weighted by Crippen LogP contribution is -2.45. The predicted molar refractivity (Wildman–Crippen MR) is 111 cm³/mol. The third kappa shape index (κ3) is 3.45. The Morgan fingerprint density at radius 1 is 1.31 bits per heavy atom. The van der Waals surface area contributed by atoms with Gasteiger partial charge < -0.3 is 14.8 Å². The van der Waals surface area contributed by atoms with Gasteiger partial charge in [-0.15, -0.1) is 0 Å². The van der Waals surface area contributed by atoms with Crippen molar-refractivity contribution in [2.45, 2.75) is 52.6 Å². The van der Waals surface area contributed by atoms with Crippen LogP contribution in [0.2, 0.25) is 0 Å². The summed E-state index contributed by atoms with van der Waals surface area (Å²) in [5, 5.41) is 7.96. The van der Waals surface area contributed by atoms with E-state index in [0.717, 1.165) is 54.2 Å². The molecule has 0 unspecified atom stereocenters. The smallest absolute Gasteiger partial charge is 0.222 e. The zero-order valence-corrected chi connectivity index (χ0v) is 17.5. The van der Waals surface area contributed by atoms with Gasteiger partial charge >= 0.3 is 0 Å². The highest BCUT2D eigenvalue weighted by Gasteiger charge is 2.25. The van der Waals surface area contributed by atoms with Crippen LogP contribution in [-0.2, 0) is 18.4 Å². The van der Waals surface area contributed by atoms with Gasteiger partial charge in [-0.25, -0.2) is 15.0 Å². The van der Waals surface area contributed by atoms with E-state index in [1.54, 1.807) is 6.33 Å². The van der Waals surface area contributed by atoms with E-state index >= 15 is 0 Å². The van der Waals surface area contributed by atoms with Gasteiger partial charge in [0.25, 0.3) is 0 Å². The average molecular weight is 396 g/mol. The summed E-state index contributed by atoms with van der Waals surface area (Å²) in [6, 6.07) is 0.160. The highest BCUT2D eigenvalue weighted by atomic mass is 16.2. The number of piperidine rings is 1. The molecule has 154 valence electrons. The molecule has 3 aromatic rings. The van der Waals surface area contributed by atoms with Crippen LogP contribution in [0.5, 0.6) is 0 Å². The molecule has 1 atom stereocenters. The third-order valence-corrected chi connectivity index (χ3v) is 5.72. The number of anilines is 1. The molecule has 1 fully saturated rings. The number of rotatable bonds is 5. The van der Waals surface area contributed by atoms with E-state index in [1.165, 1.54) is 0 Å². The highest BCUT2D eigenvalue weighted by molar-refractivity contribution is 5.86. The van der Waals surface area contributed by atoms with Gasteiger partial charge in [0.1, 0.15) is 12.2 Å². The Hall–Kier alpha value is -2.97. The summed E-state index contributed by atoms with van der Waals surface area (Å²) in [7, 11) is 1.96. The van der Waals surface area contributed by atoms with E-state index in [1.807, 2.05) is 34.3 Å². The molecule has 4 heterocycles. The van der Waals surface area contributed by atoms with Gasteiger partial charge in [-0.3, -0.25) is 9.48 Å². The lowest BCUT2D eigenvalue weighted by Gasteiger charge is -2.33. The number of hydrogen-bond donors (Lipinski definition) is 1. The summed E-state index contributed by atoms with van der Waals surface area (Å²) in [6.45, 7) is 8.38. The predicted octanol–water partition coefficient (Wildman–Crippen LogP) is 2.37. The molecule has 1 aliphatic heterocycles. The first kappa shape index (κ1) is 19.4. The van der Waals surface area contributed by atoms with Crippen LogP contribution in [0.1, 0.15) is 38.8 Å². The molecule has 1 saturated heterocycles. The van der Waals surface area contributed by atoms with Gasteiger partial charge in [0.2, 0.25) is 5.91 Å². The van der Waals surface area contributed by atoms with E-state index in [4.69, 9.17) is 4.98 Å². The summed E-state index contributed by atoms with van der Waals surface area (Å²) in [6.07, 6.45) is 5.95. The van der Waals surface area contributed by atoms with Gasteiger partial charge in [0, 0.05) is 44.8 Å². The molecule has 1 N–H and O–H groups in total. The SMILES string of the molecule is CCC(=O)N1CCC[C@H](Nc2ncnc3c2nc(-c2cnn(CC)c2C)n3C)C1. The first-order valence-corrected chi connectivity index (χ1v) is 10.3. The molecule has 9 heteroatoms. The van der Waals surface area contributed by atoms with Gasteiger partial charge in [-0.2, -0.15) is 5.10 Å². The van der Waals surface area contributed by atoms with E-state index in [-0.39, 0.29) is 11.9 Å². The highest BCUT2D eigenvalue weighted by Crippen LogP contribution is 2.28. The van der Waals surface area contributed by atoms with Crippen molar-refractivity contribution < 1.29 is 4.79 Å². The zero-order chi connectivity index (χ0) is 20.5. The first-order valence-electron chi connectivity index (χ1n) is 10.3. The van der Waals surface area contributed by atoms with Crippen molar-refractivity contribution in [3.05, 3.63) is 18.2 Å². The largest absolute Gasteiger partial charge is 0.364 e. The first-order chi connectivity index (χ1) is 14.0. The van der Waals surface area contributed by atoms with Gasteiger partial charge in [-0.05, 0) is 26.7 Å². The summed E-state index contributed by atoms with van der Waals surface area (Å²) in [5.41, 5.74) is 3.59. The molecule has 1 amide bonds. The van der Waals surface area contributed by atoms with Crippen molar-refractivity contribution >= 4 is 22.9 Å². The maximum atomic E-state index is 12.1. The van der Waals surface area contributed by atoms with Crippen LogP contribution in [0, 0.1) is 6.92 Å². The Morgan fingerprint density at radius 2 is 2.14 bits per heavy atom. The van der Waals surface area contributed by atoms with Crippen molar-refractivity contribution in [1.29, 1.82) is 0 Å². The number of imidazole rings is 1. The molecule has 0 radical (unpaired) electrons. The molecular formula is C20H28N8O. The number of carbonyl (C=O) groups excluding carboxylic acids is 1. The zero-order valence-electron chi connectivity index (χ0n) is 17.5. The minimum atomic E-state index is 0.160. The fraction of sp³-hybridized carbons (Fsp3) is 0.550. The van der Waals surface area contributed by atoms with Crippen molar-refractivity contribution in [2.24, 2.45) is 7.05 Å². The second-order valence-electron chi connectivity index (χ2n) is 7.53. The van der Waals surface area contributed by atoms with Crippen molar-refractivity contribution in [3.63, 3.8) is 0 Å². The quantitative estimate of drug-likeness (QED) is 0.712. The fourth-order valence-corrected chi connectivity index (χ4v) is 4.07. The van der Waals surface area contributed by atoms with Crippen LogP contribution in [0.15, 0.2) is 12.5 Å². The van der Waals surface area contributed by atoms with Gasteiger partial charge in [0.15, 0.2) is 17.0 Å². The Morgan fingerprint density at radius 3 is 2.86 bits per heavy atom. The third-order valence-electron chi connectivity index (χ3n) is 5.72. The minimum absolute atomic E-state index is 0.160. The molecule has 0 bridgehead atoms. The lowest BCUT2D eigenvalue weighted by molar-refractivity contribution is -0.131. The number of carbonyl (C=O) groups is 1. The summed E-state index contributed by atoms with van der Waals surface area (Å²) < 4.78 is 3.95. The van der Waals surface area contributed by atoms with Crippen molar-refractivity contribution in [1.82, 2.24) is 34.2 Å². The fourth-order valence-electron chi connectivity index (χ4n) is 4.07. The number of nitrogens with one attached hydrogen (secondary N) is 1. The van der Waals surface area contributed by atoms with Crippen LogP contribution < -0.4 is 5.32 Å². The number of fused-ring (bicyclic) bond motifs is 1. The monoisotopic (exact) mass is 396 g/mol. The summed E-state index contributed by atoms with van der Waals surface area (Å²) in [4.78, 5) is 27.8. The van der Waals surface area contributed by atoms with Gasteiger partial charge in [0.05, 0.1) is 11.8 Å². The molecule has 0 aromatic carbocycles. The molecular weight excluding hydrogens is 368 g/mol. The number of aryl methyl sites for hydroxylation is 2. The van der Waals surface area contributed by atoms with E-state index < -0.39 is 0 Å². The maximum Gasteiger partial charge on any atom is 0.222 e. The maximum absolute atomic E-state index is 12.1. The molecule has 29 heavy (non-hydrogen) atoms. The Balaban J connectivity index is 1.66.